The van der Waals surface area contributed by atoms with Gasteiger partial charge >= 0.3 is 0 Å². The number of aliphatic hydroxyl groups is 1. The van der Waals surface area contributed by atoms with Gasteiger partial charge in [-0.15, -0.1) is 0 Å². The fraction of sp³-hybridized carbons (Fsp3) is 0.273. The Morgan fingerprint density at radius 1 is 1.14 bits per heavy atom. The summed E-state index contributed by atoms with van der Waals surface area (Å²) in [7, 11) is 0. The average Bonchev–Trinajstić information content (AvgIpc) is 3.27. The second-order valence-corrected chi connectivity index (χ2v) is 6.96. The van der Waals surface area contributed by atoms with E-state index in [1.807, 2.05) is 42.1 Å². The molecule has 0 aliphatic heterocycles. The molecule has 3 rings (SSSR count). The molecule has 0 saturated carbocycles. The molecule has 0 spiro atoms. The van der Waals surface area contributed by atoms with Crippen LogP contribution in [0.25, 0.3) is 5.69 Å². The van der Waals surface area contributed by atoms with Crippen molar-refractivity contribution in [2.75, 3.05) is 19.6 Å². The van der Waals surface area contributed by atoms with E-state index in [0.717, 1.165) is 25.2 Å². The summed E-state index contributed by atoms with van der Waals surface area (Å²) in [4.78, 5) is 4.48. The van der Waals surface area contributed by atoms with E-state index in [4.69, 9.17) is 11.6 Å². The van der Waals surface area contributed by atoms with Gasteiger partial charge in [0.15, 0.2) is 5.96 Å². The van der Waals surface area contributed by atoms with Crippen LogP contribution in [0.4, 0.5) is 0 Å². The van der Waals surface area contributed by atoms with E-state index in [1.54, 1.807) is 12.3 Å². The summed E-state index contributed by atoms with van der Waals surface area (Å²) in [5.41, 5.74) is 2.95. The third kappa shape index (κ3) is 6.07. The lowest BCUT2D eigenvalue weighted by Crippen LogP contribution is -2.38. The number of rotatable bonds is 8. The minimum Gasteiger partial charge on any atom is -0.386 e. The Bertz CT molecular complexity index is 909. The summed E-state index contributed by atoms with van der Waals surface area (Å²) in [5.74, 6) is 0.673. The van der Waals surface area contributed by atoms with E-state index < -0.39 is 6.10 Å². The van der Waals surface area contributed by atoms with Gasteiger partial charge in [0.2, 0.25) is 0 Å². The van der Waals surface area contributed by atoms with Gasteiger partial charge in [0, 0.05) is 36.1 Å². The molecule has 2 aromatic carbocycles. The molecule has 0 amide bonds. The van der Waals surface area contributed by atoms with Gasteiger partial charge in [0.1, 0.15) is 6.10 Å². The van der Waals surface area contributed by atoms with Gasteiger partial charge in [0.05, 0.1) is 12.2 Å². The van der Waals surface area contributed by atoms with Crippen molar-refractivity contribution in [3.8, 4) is 5.69 Å². The molecule has 0 fully saturated rings. The zero-order valence-corrected chi connectivity index (χ0v) is 17.2. The predicted molar refractivity (Wildman–Crippen MR) is 118 cm³/mol. The van der Waals surface area contributed by atoms with E-state index in [2.05, 4.69) is 45.0 Å². The number of aliphatic imine (C=N–C) groups is 1. The lowest BCUT2D eigenvalue weighted by Gasteiger charge is -2.14. The van der Waals surface area contributed by atoms with Crippen LogP contribution >= 0.6 is 11.6 Å². The van der Waals surface area contributed by atoms with Crippen LogP contribution in [0.1, 0.15) is 24.2 Å². The van der Waals surface area contributed by atoms with Gasteiger partial charge in [-0.05, 0) is 43.2 Å². The lowest BCUT2D eigenvalue weighted by molar-refractivity contribution is 0.187. The zero-order valence-electron chi connectivity index (χ0n) is 16.4. The highest BCUT2D eigenvalue weighted by molar-refractivity contribution is 6.31. The van der Waals surface area contributed by atoms with Gasteiger partial charge in [-0.1, -0.05) is 41.9 Å². The number of nitrogens with zero attached hydrogens (tertiary/aromatic N) is 3. The maximum Gasteiger partial charge on any atom is 0.191 e. The highest BCUT2D eigenvalue weighted by Crippen LogP contribution is 2.22. The van der Waals surface area contributed by atoms with E-state index in [1.165, 1.54) is 5.56 Å². The molecule has 1 heterocycles. The molecule has 6 nitrogen and oxygen atoms in total. The summed E-state index contributed by atoms with van der Waals surface area (Å²) >= 11 is 6.15. The maximum absolute atomic E-state index is 10.4. The fourth-order valence-corrected chi connectivity index (χ4v) is 3.19. The number of hydrogen-bond donors (Lipinski definition) is 3. The lowest BCUT2D eigenvalue weighted by atomic mass is 10.1. The molecule has 29 heavy (non-hydrogen) atoms. The van der Waals surface area contributed by atoms with Crippen LogP contribution in [0.2, 0.25) is 5.02 Å². The monoisotopic (exact) mass is 411 g/mol. The standard InChI is InChI=1S/C22H26ClN5O/c1-2-24-22(26-16-21(29)19-6-3-4-7-20(19)23)25-14-12-17-8-10-18(11-9-17)28-15-5-13-27-28/h3-11,13,15,21,29H,2,12,14,16H2,1H3,(H2,24,25,26). The van der Waals surface area contributed by atoms with Crippen molar-refractivity contribution < 1.29 is 5.11 Å². The summed E-state index contributed by atoms with van der Waals surface area (Å²) in [6, 6.07) is 17.5. The molecule has 0 aliphatic rings. The van der Waals surface area contributed by atoms with Gasteiger partial charge in [-0.2, -0.15) is 5.10 Å². The van der Waals surface area contributed by atoms with Crippen molar-refractivity contribution in [3.63, 3.8) is 0 Å². The van der Waals surface area contributed by atoms with E-state index in [9.17, 15) is 5.11 Å². The first-order valence-corrected chi connectivity index (χ1v) is 10.1. The van der Waals surface area contributed by atoms with Crippen molar-refractivity contribution in [2.45, 2.75) is 19.4 Å². The number of guanidine groups is 1. The zero-order chi connectivity index (χ0) is 20.5. The van der Waals surface area contributed by atoms with Crippen molar-refractivity contribution in [3.05, 3.63) is 83.1 Å². The second-order valence-electron chi connectivity index (χ2n) is 6.55. The molecule has 0 bridgehead atoms. The van der Waals surface area contributed by atoms with E-state index in [-0.39, 0.29) is 6.54 Å². The Kier molecular flexibility index (Phi) is 7.67. The molecule has 1 aromatic heterocycles. The van der Waals surface area contributed by atoms with Gasteiger partial charge in [-0.25, -0.2) is 4.68 Å². The first-order chi connectivity index (χ1) is 14.2. The topological polar surface area (TPSA) is 74.5 Å². The molecule has 3 N–H and O–H groups in total. The highest BCUT2D eigenvalue weighted by Gasteiger charge is 2.10. The highest BCUT2D eigenvalue weighted by atomic mass is 35.5. The van der Waals surface area contributed by atoms with Gasteiger partial charge in [0.25, 0.3) is 0 Å². The summed E-state index contributed by atoms with van der Waals surface area (Å²) < 4.78 is 1.84. The second kappa shape index (κ2) is 10.6. The molecule has 0 radical (unpaired) electrons. The minimum atomic E-state index is -0.742. The summed E-state index contributed by atoms with van der Waals surface area (Å²) in [6.45, 7) is 3.72. The summed E-state index contributed by atoms with van der Waals surface area (Å²) in [6.07, 6.45) is 3.81. The fourth-order valence-electron chi connectivity index (χ4n) is 2.93. The van der Waals surface area contributed by atoms with Crippen LogP contribution in [0, 0.1) is 0 Å². The molecule has 0 saturated heterocycles. The quantitative estimate of drug-likeness (QED) is 0.392. The molecule has 152 valence electrons. The van der Waals surface area contributed by atoms with Crippen LogP contribution in [0.3, 0.4) is 0 Å². The smallest absolute Gasteiger partial charge is 0.191 e. The van der Waals surface area contributed by atoms with E-state index >= 15 is 0 Å². The van der Waals surface area contributed by atoms with Gasteiger partial charge in [-0.3, -0.25) is 4.99 Å². The Hall–Kier alpha value is -2.83. The first kappa shape index (κ1) is 20.9. The SMILES string of the molecule is CCNC(=NCC(O)c1ccccc1Cl)NCCc1ccc(-n2cccn2)cc1. The molecular formula is C22H26ClN5O. The number of aliphatic hydroxyl groups excluding tert-OH is 1. The Balaban J connectivity index is 1.52. The van der Waals surface area contributed by atoms with Crippen molar-refractivity contribution in [1.29, 1.82) is 0 Å². The molecule has 7 heteroatoms. The van der Waals surface area contributed by atoms with Crippen LogP contribution in [0.15, 0.2) is 72.0 Å². The van der Waals surface area contributed by atoms with Gasteiger partial charge < -0.3 is 15.7 Å². The van der Waals surface area contributed by atoms with Crippen LogP contribution in [-0.4, -0.2) is 40.5 Å². The predicted octanol–water partition coefficient (Wildman–Crippen LogP) is 3.36. The minimum absolute atomic E-state index is 0.234. The third-order valence-electron chi connectivity index (χ3n) is 4.44. The molecule has 1 atom stereocenters. The molecule has 0 aliphatic carbocycles. The molecule has 1 unspecified atom stereocenters. The molecular weight excluding hydrogens is 386 g/mol. The molecule has 3 aromatic rings. The number of nitrogens with one attached hydrogen (secondary N) is 2. The van der Waals surface area contributed by atoms with Crippen molar-refractivity contribution in [1.82, 2.24) is 20.4 Å². The number of halogens is 1. The normalized spacial score (nSPS) is 12.6. The van der Waals surface area contributed by atoms with Crippen LogP contribution in [0.5, 0.6) is 0 Å². The number of benzene rings is 2. The Morgan fingerprint density at radius 2 is 1.93 bits per heavy atom. The Labute approximate surface area is 176 Å². The van der Waals surface area contributed by atoms with Crippen molar-refractivity contribution in [2.24, 2.45) is 4.99 Å². The average molecular weight is 412 g/mol. The maximum atomic E-state index is 10.4. The first-order valence-electron chi connectivity index (χ1n) is 9.71. The number of hydrogen-bond acceptors (Lipinski definition) is 3. The van der Waals surface area contributed by atoms with E-state index in [0.29, 0.717) is 16.5 Å². The van der Waals surface area contributed by atoms with Crippen molar-refractivity contribution >= 4 is 17.6 Å². The number of aromatic nitrogens is 2. The van der Waals surface area contributed by atoms with Crippen LogP contribution < -0.4 is 10.6 Å². The third-order valence-corrected chi connectivity index (χ3v) is 4.79. The van der Waals surface area contributed by atoms with Crippen LogP contribution in [-0.2, 0) is 6.42 Å². The summed E-state index contributed by atoms with van der Waals surface area (Å²) in [5, 5.41) is 21.7. The largest absolute Gasteiger partial charge is 0.386 e. The Morgan fingerprint density at radius 3 is 2.62 bits per heavy atom.